The summed E-state index contributed by atoms with van der Waals surface area (Å²) in [4.78, 5) is 3.95. The van der Waals surface area contributed by atoms with Crippen LogP contribution >= 0.6 is 15.9 Å². The van der Waals surface area contributed by atoms with Crippen LogP contribution in [0.3, 0.4) is 0 Å². The van der Waals surface area contributed by atoms with Crippen molar-refractivity contribution in [3.63, 3.8) is 0 Å². The van der Waals surface area contributed by atoms with Gasteiger partial charge in [-0.15, -0.1) is 0 Å². The van der Waals surface area contributed by atoms with Crippen LogP contribution in [0.2, 0.25) is 0 Å². The van der Waals surface area contributed by atoms with Crippen molar-refractivity contribution in [1.29, 1.82) is 0 Å². The molecule has 2 rings (SSSR count). The number of hydrogen-bond acceptors (Lipinski definition) is 3. The molecule has 0 atom stereocenters. The second-order valence-corrected chi connectivity index (χ2v) is 4.17. The molecule has 0 saturated carbocycles. The van der Waals surface area contributed by atoms with Gasteiger partial charge in [-0.05, 0) is 34.1 Å². The molecule has 0 bridgehead atoms. The standard InChI is InChI=1S/C11H8BrF2N3/c12-6-4-10(8(14)5-7(6)13)17-11-9(15)2-1-3-16-11/h1-5H,15H2,(H,16,17). The van der Waals surface area contributed by atoms with Crippen molar-refractivity contribution < 1.29 is 8.78 Å². The molecule has 2 aromatic rings. The maximum Gasteiger partial charge on any atom is 0.153 e. The maximum absolute atomic E-state index is 13.5. The Labute approximate surface area is 105 Å². The van der Waals surface area contributed by atoms with Crippen molar-refractivity contribution in [2.75, 3.05) is 11.1 Å². The van der Waals surface area contributed by atoms with Gasteiger partial charge in [0.15, 0.2) is 5.82 Å². The first-order valence-corrected chi connectivity index (χ1v) is 5.49. The van der Waals surface area contributed by atoms with E-state index in [0.717, 1.165) is 6.07 Å². The number of anilines is 3. The quantitative estimate of drug-likeness (QED) is 0.835. The molecule has 3 N–H and O–H groups in total. The van der Waals surface area contributed by atoms with Crippen molar-refractivity contribution in [2.45, 2.75) is 0 Å². The van der Waals surface area contributed by atoms with Gasteiger partial charge in [0.05, 0.1) is 15.8 Å². The molecule has 0 aliphatic carbocycles. The summed E-state index contributed by atoms with van der Waals surface area (Å²) < 4.78 is 26.6. The third-order valence-corrected chi connectivity index (χ3v) is 2.71. The van der Waals surface area contributed by atoms with Gasteiger partial charge in [0, 0.05) is 12.3 Å². The van der Waals surface area contributed by atoms with E-state index in [1.54, 1.807) is 12.1 Å². The molecule has 1 aromatic heterocycles. The van der Waals surface area contributed by atoms with Crippen LogP contribution in [0, 0.1) is 11.6 Å². The Kier molecular flexibility index (Phi) is 3.23. The average Bonchev–Trinajstić information content (AvgIpc) is 2.29. The summed E-state index contributed by atoms with van der Waals surface area (Å²) >= 11 is 2.98. The van der Waals surface area contributed by atoms with E-state index in [2.05, 4.69) is 26.2 Å². The Morgan fingerprint density at radius 3 is 2.71 bits per heavy atom. The molecule has 3 nitrogen and oxygen atoms in total. The molecule has 88 valence electrons. The number of pyridine rings is 1. The number of benzene rings is 1. The number of hydrogen-bond donors (Lipinski definition) is 2. The second kappa shape index (κ2) is 4.67. The highest BCUT2D eigenvalue weighted by Crippen LogP contribution is 2.27. The zero-order chi connectivity index (χ0) is 12.4. The van der Waals surface area contributed by atoms with Gasteiger partial charge in [-0.1, -0.05) is 0 Å². The van der Waals surface area contributed by atoms with Gasteiger partial charge in [0.1, 0.15) is 11.6 Å². The zero-order valence-electron chi connectivity index (χ0n) is 8.55. The molecule has 0 aliphatic rings. The molecule has 1 heterocycles. The van der Waals surface area contributed by atoms with E-state index in [1.165, 1.54) is 12.3 Å². The van der Waals surface area contributed by atoms with Crippen molar-refractivity contribution in [3.8, 4) is 0 Å². The van der Waals surface area contributed by atoms with Crippen molar-refractivity contribution >= 4 is 33.1 Å². The Balaban J connectivity index is 2.37. The second-order valence-electron chi connectivity index (χ2n) is 3.31. The minimum absolute atomic E-state index is 0.101. The number of aromatic nitrogens is 1. The number of nitrogens with two attached hydrogens (primary N) is 1. The van der Waals surface area contributed by atoms with E-state index < -0.39 is 11.6 Å². The highest BCUT2D eigenvalue weighted by molar-refractivity contribution is 9.10. The fourth-order valence-electron chi connectivity index (χ4n) is 1.27. The van der Waals surface area contributed by atoms with Gasteiger partial charge < -0.3 is 11.1 Å². The van der Waals surface area contributed by atoms with Gasteiger partial charge >= 0.3 is 0 Å². The number of nitrogens with one attached hydrogen (secondary N) is 1. The summed E-state index contributed by atoms with van der Waals surface area (Å²) in [6, 6.07) is 5.37. The molecular formula is C11H8BrF2N3. The minimum atomic E-state index is -0.712. The lowest BCUT2D eigenvalue weighted by Gasteiger charge is -2.09. The molecule has 0 fully saturated rings. The Morgan fingerprint density at radius 2 is 2.00 bits per heavy atom. The van der Waals surface area contributed by atoms with Gasteiger partial charge in [0.2, 0.25) is 0 Å². The minimum Gasteiger partial charge on any atom is -0.396 e. The average molecular weight is 300 g/mol. The van der Waals surface area contributed by atoms with E-state index in [0.29, 0.717) is 11.5 Å². The fourth-order valence-corrected chi connectivity index (χ4v) is 1.61. The number of nitrogen functional groups attached to an aromatic ring is 1. The normalized spacial score (nSPS) is 10.3. The lowest BCUT2D eigenvalue weighted by molar-refractivity contribution is 0.581. The lowest BCUT2D eigenvalue weighted by Crippen LogP contribution is -2.00. The topological polar surface area (TPSA) is 50.9 Å². The summed E-state index contributed by atoms with van der Waals surface area (Å²) in [5.41, 5.74) is 6.14. The SMILES string of the molecule is Nc1cccnc1Nc1cc(Br)c(F)cc1F. The van der Waals surface area contributed by atoms with E-state index >= 15 is 0 Å². The molecule has 0 unspecified atom stereocenters. The van der Waals surface area contributed by atoms with E-state index in [1.807, 2.05) is 0 Å². The van der Waals surface area contributed by atoms with Crippen LogP contribution in [0.5, 0.6) is 0 Å². The summed E-state index contributed by atoms with van der Waals surface area (Å²) in [5, 5.41) is 2.70. The molecule has 0 saturated heterocycles. The van der Waals surface area contributed by atoms with E-state index in [4.69, 9.17) is 5.73 Å². The summed E-state index contributed by atoms with van der Waals surface area (Å²) in [5.74, 6) is -1.05. The van der Waals surface area contributed by atoms with Crippen LogP contribution in [-0.4, -0.2) is 4.98 Å². The van der Waals surface area contributed by atoms with Gasteiger partial charge in [0.25, 0.3) is 0 Å². The molecular weight excluding hydrogens is 292 g/mol. The Hall–Kier alpha value is -1.69. The summed E-state index contributed by atoms with van der Waals surface area (Å²) in [7, 11) is 0. The van der Waals surface area contributed by atoms with Gasteiger partial charge in [-0.25, -0.2) is 13.8 Å². The van der Waals surface area contributed by atoms with Crippen molar-refractivity contribution in [1.82, 2.24) is 4.98 Å². The van der Waals surface area contributed by atoms with Gasteiger partial charge in [-0.2, -0.15) is 0 Å². The lowest BCUT2D eigenvalue weighted by atomic mass is 10.3. The maximum atomic E-state index is 13.5. The predicted octanol–water partition coefficient (Wildman–Crippen LogP) is 3.45. The largest absolute Gasteiger partial charge is 0.396 e. The zero-order valence-corrected chi connectivity index (χ0v) is 10.1. The van der Waals surface area contributed by atoms with Crippen LogP contribution in [0.15, 0.2) is 34.9 Å². The summed E-state index contributed by atoms with van der Waals surface area (Å²) in [6.07, 6.45) is 1.52. The van der Waals surface area contributed by atoms with E-state index in [-0.39, 0.29) is 10.2 Å². The Morgan fingerprint density at radius 1 is 1.24 bits per heavy atom. The molecule has 0 amide bonds. The molecule has 0 spiro atoms. The fraction of sp³-hybridized carbons (Fsp3) is 0. The van der Waals surface area contributed by atoms with Crippen LogP contribution in [0.25, 0.3) is 0 Å². The number of nitrogens with zero attached hydrogens (tertiary/aromatic N) is 1. The monoisotopic (exact) mass is 299 g/mol. The van der Waals surface area contributed by atoms with Crippen LogP contribution in [-0.2, 0) is 0 Å². The molecule has 0 aliphatic heterocycles. The van der Waals surface area contributed by atoms with Gasteiger partial charge in [-0.3, -0.25) is 0 Å². The predicted molar refractivity (Wildman–Crippen MR) is 66.0 cm³/mol. The molecule has 6 heteroatoms. The van der Waals surface area contributed by atoms with E-state index in [9.17, 15) is 8.78 Å². The first-order chi connectivity index (χ1) is 8.08. The summed E-state index contributed by atoms with van der Waals surface area (Å²) in [6.45, 7) is 0. The van der Waals surface area contributed by atoms with Crippen molar-refractivity contribution in [3.05, 3.63) is 46.6 Å². The highest BCUT2D eigenvalue weighted by Gasteiger charge is 2.09. The first kappa shape index (κ1) is 11.8. The van der Waals surface area contributed by atoms with Crippen LogP contribution in [0.1, 0.15) is 0 Å². The number of rotatable bonds is 2. The third kappa shape index (κ3) is 2.52. The third-order valence-electron chi connectivity index (χ3n) is 2.10. The molecule has 1 aromatic carbocycles. The van der Waals surface area contributed by atoms with Crippen molar-refractivity contribution in [2.24, 2.45) is 0 Å². The molecule has 0 radical (unpaired) electrons. The molecule has 17 heavy (non-hydrogen) atoms. The van der Waals surface area contributed by atoms with Crippen LogP contribution < -0.4 is 11.1 Å². The smallest absolute Gasteiger partial charge is 0.153 e. The Bertz CT molecular complexity index is 560. The van der Waals surface area contributed by atoms with Crippen LogP contribution in [0.4, 0.5) is 26.0 Å². The first-order valence-electron chi connectivity index (χ1n) is 4.70. The highest BCUT2D eigenvalue weighted by atomic mass is 79.9. The number of halogens is 3.